The first kappa shape index (κ1) is 14.9. The normalized spacial score (nSPS) is 14.7. The molecule has 0 saturated carbocycles. The van der Waals surface area contributed by atoms with E-state index >= 15 is 0 Å². The third kappa shape index (κ3) is 3.77. The van der Waals surface area contributed by atoms with Crippen LogP contribution in [0.3, 0.4) is 0 Å². The van der Waals surface area contributed by atoms with Crippen molar-refractivity contribution < 1.29 is 13.2 Å². The molecule has 0 bridgehead atoms. The average molecular weight is 318 g/mol. The summed E-state index contributed by atoms with van der Waals surface area (Å²) in [7, 11) is -3.40. The summed E-state index contributed by atoms with van der Waals surface area (Å²) in [5.41, 5.74) is 0.981. The van der Waals surface area contributed by atoms with Gasteiger partial charge in [-0.3, -0.25) is 9.71 Å². The number of sulfonamides is 1. The van der Waals surface area contributed by atoms with Crippen molar-refractivity contribution in [2.45, 2.75) is 6.92 Å². The van der Waals surface area contributed by atoms with Crippen LogP contribution in [0.2, 0.25) is 5.02 Å². The molecule has 6 nitrogen and oxygen atoms in total. The highest BCUT2D eigenvalue weighted by molar-refractivity contribution is 7.92. The van der Waals surface area contributed by atoms with E-state index in [1.54, 1.807) is 19.1 Å². The van der Waals surface area contributed by atoms with Crippen molar-refractivity contribution in [1.82, 2.24) is 5.32 Å². The Hall–Kier alpha value is -1.47. The van der Waals surface area contributed by atoms with Gasteiger partial charge in [-0.25, -0.2) is 8.42 Å². The Bertz CT molecular complexity index is 644. The number of amidine groups is 1. The number of nitrogens with zero attached hydrogens (tertiary/aromatic N) is 1. The molecule has 8 heteroatoms. The Balaban J connectivity index is 2.19. The molecule has 0 aromatic heterocycles. The van der Waals surface area contributed by atoms with E-state index in [4.69, 9.17) is 16.3 Å². The Morgan fingerprint density at radius 1 is 1.50 bits per heavy atom. The summed E-state index contributed by atoms with van der Waals surface area (Å²) in [5.74, 6) is 1.36. The lowest BCUT2D eigenvalue weighted by Crippen LogP contribution is -2.25. The van der Waals surface area contributed by atoms with Crippen LogP contribution in [0.25, 0.3) is 0 Å². The number of nitrogens with one attached hydrogen (secondary N) is 2. The maximum atomic E-state index is 11.3. The molecule has 0 atom stereocenters. The molecule has 1 aromatic rings. The smallest absolute Gasteiger partial charge is 0.229 e. The minimum absolute atomic E-state index is 0.320. The van der Waals surface area contributed by atoms with Crippen LogP contribution in [0.4, 0.5) is 5.69 Å². The Morgan fingerprint density at radius 3 is 2.85 bits per heavy atom. The van der Waals surface area contributed by atoms with E-state index in [0.717, 1.165) is 25.2 Å². The second-order valence-electron chi connectivity index (χ2n) is 4.46. The van der Waals surface area contributed by atoms with Gasteiger partial charge in [0, 0.05) is 12.1 Å². The Kier molecular flexibility index (Phi) is 4.39. The van der Waals surface area contributed by atoms with E-state index in [2.05, 4.69) is 15.0 Å². The second-order valence-corrected chi connectivity index (χ2v) is 6.62. The zero-order valence-electron chi connectivity index (χ0n) is 11.2. The summed E-state index contributed by atoms with van der Waals surface area (Å²) < 4.78 is 30.7. The zero-order valence-corrected chi connectivity index (χ0v) is 12.8. The number of aliphatic imine (C=N–C) groups is 1. The van der Waals surface area contributed by atoms with Gasteiger partial charge in [-0.1, -0.05) is 11.6 Å². The van der Waals surface area contributed by atoms with Crippen LogP contribution in [0.5, 0.6) is 5.75 Å². The molecular weight excluding hydrogens is 302 g/mol. The van der Waals surface area contributed by atoms with Crippen LogP contribution >= 0.6 is 11.6 Å². The lowest BCUT2D eigenvalue weighted by molar-refractivity contribution is 0.371. The van der Waals surface area contributed by atoms with Gasteiger partial charge in [0.25, 0.3) is 0 Å². The molecule has 0 amide bonds. The number of benzene rings is 1. The highest BCUT2D eigenvalue weighted by atomic mass is 35.5. The molecule has 1 aliphatic rings. The highest BCUT2D eigenvalue weighted by Crippen LogP contribution is 2.33. The highest BCUT2D eigenvalue weighted by Gasteiger charge is 2.14. The van der Waals surface area contributed by atoms with Crippen LogP contribution < -0.4 is 14.8 Å². The van der Waals surface area contributed by atoms with Crippen molar-refractivity contribution in [2.75, 3.05) is 30.7 Å². The van der Waals surface area contributed by atoms with Gasteiger partial charge >= 0.3 is 0 Å². The Morgan fingerprint density at radius 2 is 2.25 bits per heavy atom. The van der Waals surface area contributed by atoms with Gasteiger partial charge in [0.2, 0.25) is 10.0 Å². The number of hydrogen-bond acceptors (Lipinski definition) is 5. The molecule has 0 spiro atoms. The Labute approximate surface area is 123 Å². The fraction of sp³-hybridized carbons (Fsp3) is 0.417. The maximum absolute atomic E-state index is 11.3. The fourth-order valence-electron chi connectivity index (χ4n) is 1.82. The minimum atomic E-state index is -3.40. The third-order valence-corrected chi connectivity index (χ3v) is 3.65. The zero-order chi connectivity index (χ0) is 14.8. The molecule has 0 unspecified atom stereocenters. The van der Waals surface area contributed by atoms with Crippen LogP contribution in [0.15, 0.2) is 17.1 Å². The van der Waals surface area contributed by atoms with Crippen LogP contribution in [-0.4, -0.2) is 40.2 Å². The predicted octanol–water partition coefficient (Wildman–Crippen LogP) is 1.40. The molecule has 0 fully saturated rings. The molecule has 0 radical (unpaired) electrons. The van der Waals surface area contributed by atoms with E-state index in [-0.39, 0.29) is 0 Å². The van der Waals surface area contributed by atoms with Gasteiger partial charge < -0.3 is 10.1 Å². The van der Waals surface area contributed by atoms with E-state index < -0.39 is 10.0 Å². The van der Waals surface area contributed by atoms with E-state index in [1.807, 2.05) is 0 Å². The molecule has 20 heavy (non-hydrogen) atoms. The number of ether oxygens (including phenoxy) is 1. The van der Waals surface area contributed by atoms with Crippen molar-refractivity contribution in [3.63, 3.8) is 0 Å². The average Bonchev–Trinajstić information content (AvgIpc) is 2.85. The van der Waals surface area contributed by atoms with Gasteiger partial charge in [0.1, 0.15) is 18.2 Å². The summed E-state index contributed by atoms with van der Waals surface area (Å²) in [5, 5.41) is 3.43. The van der Waals surface area contributed by atoms with E-state index in [0.29, 0.717) is 28.6 Å². The lowest BCUT2D eigenvalue weighted by Gasteiger charge is -2.15. The van der Waals surface area contributed by atoms with Gasteiger partial charge in [-0.15, -0.1) is 0 Å². The first-order valence-electron chi connectivity index (χ1n) is 6.04. The largest absolute Gasteiger partial charge is 0.485 e. The van der Waals surface area contributed by atoms with Gasteiger partial charge in [-0.05, 0) is 19.1 Å². The number of rotatable bonds is 5. The molecule has 110 valence electrons. The van der Waals surface area contributed by atoms with E-state index in [9.17, 15) is 8.42 Å². The summed E-state index contributed by atoms with van der Waals surface area (Å²) in [4.78, 5) is 4.22. The molecule has 1 aromatic carbocycles. The SMILES string of the molecule is Cc1c(OCC2=NCCN2)ccc(Cl)c1NS(C)(=O)=O. The predicted molar refractivity (Wildman–Crippen MR) is 80.5 cm³/mol. The topological polar surface area (TPSA) is 79.8 Å². The first-order valence-corrected chi connectivity index (χ1v) is 8.30. The van der Waals surface area contributed by atoms with Crippen molar-refractivity contribution in [2.24, 2.45) is 4.99 Å². The monoisotopic (exact) mass is 317 g/mol. The van der Waals surface area contributed by atoms with Crippen LogP contribution in [-0.2, 0) is 10.0 Å². The summed E-state index contributed by atoms with van der Waals surface area (Å²) >= 11 is 6.02. The van der Waals surface area contributed by atoms with Gasteiger partial charge in [0.15, 0.2) is 0 Å². The number of hydrogen-bond donors (Lipinski definition) is 2. The fourth-order valence-corrected chi connectivity index (χ4v) is 2.76. The van der Waals surface area contributed by atoms with Crippen LogP contribution in [0, 0.1) is 6.92 Å². The van der Waals surface area contributed by atoms with E-state index in [1.165, 1.54) is 0 Å². The summed E-state index contributed by atoms with van der Waals surface area (Å²) in [6.07, 6.45) is 1.08. The van der Waals surface area contributed by atoms with Gasteiger partial charge in [-0.2, -0.15) is 0 Å². The molecule has 2 N–H and O–H groups in total. The summed E-state index contributed by atoms with van der Waals surface area (Å²) in [6.45, 7) is 3.64. The quantitative estimate of drug-likeness (QED) is 0.860. The standard InChI is InChI=1S/C12H16ClN3O3S/c1-8-10(19-7-11-14-5-6-15-11)4-3-9(13)12(8)16-20(2,17)18/h3-4,16H,5-7H2,1-2H3,(H,14,15). The third-order valence-electron chi connectivity index (χ3n) is 2.76. The molecule has 2 rings (SSSR count). The number of halogens is 1. The molecule has 1 heterocycles. The minimum Gasteiger partial charge on any atom is -0.485 e. The number of anilines is 1. The first-order chi connectivity index (χ1) is 9.37. The van der Waals surface area contributed by atoms with Crippen LogP contribution in [0.1, 0.15) is 5.56 Å². The maximum Gasteiger partial charge on any atom is 0.229 e. The van der Waals surface area contributed by atoms with Crippen molar-refractivity contribution in [3.05, 3.63) is 22.7 Å². The summed E-state index contributed by atoms with van der Waals surface area (Å²) in [6, 6.07) is 3.31. The molecule has 0 aliphatic carbocycles. The molecule has 0 saturated heterocycles. The van der Waals surface area contributed by atoms with Crippen molar-refractivity contribution in [3.8, 4) is 5.75 Å². The van der Waals surface area contributed by atoms with Crippen molar-refractivity contribution >= 4 is 33.1 Å². The molecular formula is C12H16ClN3O3S. The lowest BCUT2D eigenvalue weighted by atomic mass is 10.2. The molecule has 1 aliphatic heterocycles. The second kappa shape index (κ2) is 5.88. The van der Waals surface area contributed by atoms with Gasteiger partial charge in [0.05, 0.1) is 23.5 Å². The van der Waals surface area contributed by atoms with Crippen molar-refractivity contribution in [1.29, 1.82) is 0 Å².